The van der Waals surface area contributed by atoms with Gasteiger partial charge in [0.15, 0.2) is 0 Å². The molecule has 0 unspecified atom stereocenters. The summed E-state index contributed by atoms with van der Waals surface area (Å²) in [6, 6.07) is 12.1. The van der Waals surface area contributed by atoms with Gasteiger partial charge in [-0.15, -0.1) is 0 Å². The molecule has 0 aromatic heterocycles. The third kappa shape index (κ3) is 2.76. The summed E-state index contributed by atoms with van der Waals surface area (Å²) in [5, 5.41) is 2.22. The number of fused-ring (bicyclic) bond motifs is 1. The number of rotatable bonds is 3. The predicted octanol–water partition coefficient (Wildman–Crippen LogP) is 2.64. The summed E-state index contributed by atoms with van der Waals surface area (Å²) in [6.45, 7) is 4.51. The van der Waals surface area contributed by atoms with Crippen LogP contribution < -0.4 is 15.6 Å². The van der Waals surface area contributed by atoms with Crippen LogP contribution >= 0.6 is 0 Å². The van der Waals surface area contributed by atoms with Crippen molar-refractivity contribution in [3.05, 3.63) is 47.5 Å². The zero-order valence-electron chi connectivity index (χ0n) is 12.1. The van der Waals surface area contributed by atoms with Crippen LogP contribution in [-0.4, -0.2) is 18.6 Å². The third-order valence-electron chi connectivity index (χ3n) is 3.38. The molecule has 0 spiro atoms. The number of ether oxygens (including phenoxy) is 1. The van der Waals surface area contributed by atoms with Gasteiger partial charge in [0.25, 0.3) is 5.91 Å². The number of nitrogens with one attached hydrogen (secondary N) is 2. The van der Waals surface area contributed by atoms with E-state index in [1.165, 1.54) is 0 Å². The Hall–Kier alpha value is -2.33. The molecule has 0 saturated carbocycles. The molecule has 2 aromatic carbocycles. The van der Waals surface area contributed by atoms with Gasteiger partial charge in [-0.25, -0.2) is 5.43 Å². The Morgan fingerprint density at radius 2 is 2.00 bits per heavy atom. The van der Waals surface area contributed by atoms with Gasteiger partial charge < -0.3 is 4.74 Å². The highest BCUT2D eigenvalue weighted by Gasteiger charge is 2.17. The number of benzene rings is 2. The first-order valence-corrected chi connectivity index (χ1v) is 7.07. The predicted molar refractivity (Wildman–Crippen MR) is 83.8 cm³/mol. The van der Waals surface area contributed by atoms with E-state index < -0.39 is 0 Å². The summed E-state index contributed by atoms with van der Waals surface area (Å²) in [4.78, 5) is 11.8. The number of hydrogen-bond donors (Lipinski definition) is 2. The molecule has 2 N–H and O–H groups in total. The highest BCUT2D eigenvalue weighted by molar-refractivity contribution is 6.03. The van der Waals surface area contributed by atoms with Crippen LogP contribution in [0.1, 0.15) is 19.4 Å². The zero-order chi connectivity index (χ0) is 14.8. The van der Waals surface area contributed by atoms with E-state index in [9.17, 15) is 4.79 Å². The van der Waals surface area contributed by atoms with Gasteiger partial charge in [0, 0.05) is 17.7 Å². The van der Waals surface area contributed by atoms with Gasteiger partial charge in [0.1, 0.15) is 5.75 Å². The second kappa shape index (κ2) is 5.58. The molecule has 1 aliphatic heterocycles. The zero-order valence-corrected chi connectivity index (χ0v) is 12.1. The van der Waals surface area contributed by atoms with Gasteiger partial charge in [-0.05, 0) is 36.8 Å². The number of carbonyl (C=O) groups is 1. The molecule has 0 radical (unpaired) electrons. The summed E-state index contributed by atoms with van der Waals surface area (Å²) < 4.78 is 5.90. The number of hydrazine groups is 1. The minimum Gasteiger partial charge on any atom is -0.490 e. The fourth-order valence-corrected chi connectivity index (χ4v) is 2.45. The molecule has 0 atom stereocenters. The summed E-state index contributed by atoms with van der Waals surface area (Å²) >= 11 is 0. The molecule has 2 aromatic rings. The van der Waals surface area contributed by atoms with E-state index in [0.29, 0.717) is 12.1 Å². The summed E-state index contributed by atoms with van der Waals surface area (Å²) in [7, 11) is 0. The molecule has 21 heavy (non-hydrogen) atoms. The van der Waals surface area contributed by atoms with Gasteiger partial charge in [-0.3, -0.25) is 10.2 Å². The van der Waals surface area contributed by atoms with Crippen LogP contribution in [0.3, 0.4) is 0 Å². The van der Waals surface area contributed by atoms with Crippen LogP contribution in [0.25, 0.3) is 16.8 Å². The van der Waals surface area contributed by atoms with Crippen molar-refractivity contribution in [2.45, 2.75) is 20.0 Å². The Balaban J connectivity index is 2.18. The van der Waals surface area contributed by atoms with E-state index in [0.717, 1.165) is 22.1 Å². The van der Waals surface area contributed by atoms with Crippen molar-refractivity contribution < 1.29 is 9.53 Å². The smallest absolute Gasteiger partial charge is 0.262 e. The first-order chi connectivity index (χ1) is 10.1. The topological polar surface area (TPSA) is 50.4 Å². The lowest BCUT2D eigenvalue weighted by atomic mass is 10.0. The minimum absolute atomic E-state index is 0.0823. The average Bonchev–Trinajstić information content (AvgIpc) is 2.86. The summed E-state index contributed by atoms with van der Waals surface area (Å²) in [5.74, 6) is 0.717. The van der Waals surface area contributed by atoms with Crippen LogP contribution in [0.5, 0.6) is 5.75 Å². The van der Waals surface area contributed by atoms with Gasteiger partial charge in [-0.2, -0.15) is 0 Å². The van der Waals surface area contributed by atoms with Crippen LogP contribution in [0, 0.1) is 0 Å². The maximum absolute atomic E-state index is 11.8. The fraction of sp³-hybridized carbons (Fsp3) is 0.235. The van der Waals surface area contributed by atoms with Crippen LogP contribution in [0.2, 0.25) is 0 Å². The monoisotopic (exact) mass is 282 g/mol. The van der Waals surface area contributed by atoms with E-state index in [2.05, 4.69) is 23.0 Å². The molecule has 1 amide bonds. The Kier molecular flexibility index (Phi) is 3.62. The van der Waals surface area contributed by atoms with Crippen LogP contribution in [0.15, 0.2) is 42.0 Å². The lowest BCUT2D eigenvalue weighted by molar-refractivity contribution is -0.116. The second-order valence-corrected chi connectivity index (χ2v) is 5.34. The molecule has 108 valence electrons. The molecule has 4 heteroatoms. The Morgan fingerprint density at radius 3 is 2.71 bits per heavy atom. The lowest BCUT2D eigenvalue weighted by Gasteiger charge is -2.15. The summed E-state index contributed by atoms with van der Waals surface area (Å²) in [6.07, 6.45) is 1.99. The van der Waals surface area contributed by atoms with Crippen LogP contribution in [0.4, 0.5) is 0 Å². The van der Waals surface area contributed by atoms with Crippen molar-refractivity contribution >= 4 is 22.8 Å². The van der Waals surface area contributed by atoms with Gasteiger partial charge in [-0.1, -0.05) is 30.3 Å². The molecule has 0 aliphatic carbocycles. The standard InChI is InChI=1S/C17H18N2O2/c1-11(2)21-16-8-7-12-5-3-4-6-14(12)15(16)9-13-10-18-19-17(13)20/h3-9,11,18H,10H2,1-2H3,(H,19,20)/b13-9+. The Bertz CT molecular complexity index is 720. The Labute approximate surface area is 123 Å². The minimum atomic E-state index is -0.0848. The van der Waals surface area contributed by atoms with Gasteiger partial charge >= 0.3 is 0 Å². The fourth-order valence-electron chi connectivity index (χ4n) is 2.45. The normalized spacial score (nSPS) is 16.7. The van der Waals surface area contributed by atoms with Crippen molar-refractivity contribution in [2.75, 3.05) is 6.54 Å². The van der Waals surface area contributed by atoms with E-state index in [4.69, 9.17) is 4.74 Å². The molecule has 1 heterocycles. The number of amides is 1. The second-order valence-electron chi connectivity index (χ2n) is 5.34. The molecule has 4 nitrogen and oxygen atoms in total. The SMILES string of the molecule is CC(C)Oc1ccc2ccccc2c1/C=C1\CNNC1=O. The van der Waals surface area contributed by atoms with Crippen molar-refractivity contribution in [1.29, 1.82) is 0 Å². The Morgan fingerprint density at radius 1 is 1.19 bits per heavy atom. The largest absolute Gasteiger partial charge is 0.490 e. The first-order valence-electron chi connectivity index (χ1n) is 7.07. The van der Waals surface area contributed by atoms with E-state index in [-0.39, 0.29) is 12.0 Å². The van der Waals surface area contributed by atoms with E-state index in [1.807, 2.05) is 44.2 Å². The molecule has 1 aliphatic rings. The third-order valence-corrected chi connectivity index (χ3v) is 3.38. The average molecular weight is 282 g/mol. The maximum atomic E-state index is 11.8. The summed E-state index contributed by atoms with van der Waals surface area (Å²) in [5.41, 5.74) is 7.10. The van der Waals surface area contributed by atoms with Gasteiger partial charge in [0.05, 0.1) is 6.10 Å². The quantitative estimate of drug-likeness (QED) is 0.851. The van der Waals surface area contributed by atoms with Crippen molar-refractivity contribution in [3.63, 3.8) is 0 Å². The first kappa shape index (κ1) is 13.6. The number of carbonyl (C=O) groups excluding carboxylic acids is 1. The lowest BCUT2D eigenvalue weighted by Crippen LogP contribution is -2.25. The molecule has 1 saturated heterocycles. The van der Waals surface area contributed by atoms with Crippen LogP contribution in [-0.2, 0) is 4.79 Å². The number of hydrogen-bond acceptors (Lipinski definition) is 3. The van der Waals surface area contributed by atoms with E-state index in [1.54, 1.807) is 0 Å². The maximum Gasteiger partial charge on any atom is 0.262 e. The van der Waals surface area contributed by atoms with E-state index >= 15 is 0 Å². The molecular weight excluding hydrogens is 264 g/mol. The highest BCUT2D eigenvalue weighted by Crippen LogP contribution is 2.31. The van der Waals surface area contributed by atoms with Crippen molar-refractivity contribution in [3.8, 4) is 5.75 Å². The molecule has 1 fully saturated rings. The molecule has 3 rings (SSSR count). The van der Waals surface area contributed by atoms with Gasteiger partial charge in [0.2, 0.25) is 0 Å². The van der Waals surface area contributed by atoms with Crippen molar-refractivity contribution in [2.24, 2.45) is 0 Å². The van der Waals surface area contributed by atoms with Crippen molar-refractivity contribution in [1.82, 2.24) is 10.9 Å². The molecule has 0 bridgehead atoms. The molecular formula is C17H18N2O2. The highest BCUT2D eigenvalue weighted by atomic mass is 16.5.